The summed E-state index contributed by atoms with van der Waals surface area (Å²) >= 11 is 0. The van der Waals surface area contributed by atoms with E-state index in [0.717, 1.165) is 11.1 Å². The summed E-state index contributed by atoms with van der Waals surface area (Å²) in [6.45, 7) is 6.07. The Morgan fingerprint density at radius 3 is 2.43 bits per heavy atom. The number of anilines is 2. The lowest BCUT2D eigenvalue weighted by atomic mass is 9.97. The fourth-order valence-corrected chi connectivity index (χ4v) is 3.93. The highest BCUT2D eigenvalue weighted by Gasteiger charge is 2.30. The topological polar surface area (TPSA) is 133 Å². The molecule has 35 heavy (non-hydrogen) atoms. The number of fused-ring (bicyclic) bond motifs is 1. The highest BCUT2D eigenvalue weighted by atomic mass is 16.3. The highest BCUT2D eigenvalue weighted by Crippen LogP contribution is 2.23. The molecule has 2 unspecified atom stereocenters. The summed E-state index contributed by atoms with van der Waals surface area (Å²) in [6.07, 6.45) is -1.54. The standard InChI is InChI=1S/C27H29N5O3/c1-15(2)17-7-9-18(10-8-17)25(34)32-23(19-6-4-5-16(3)13-19)24(33)26(35)29-20-11-12-21-22(14-20)31-27(28)30-21/h4-15,23-24,33H,1-3H3,(H,29,35)(H,32,34)(H3,28,30,31). The van der Waals surface area contributed by atoms with Crippen LogP contribution in [0.5, 0.6) is 0 Å². The number of H-pyrrole nitrogens is 1. The molecule has 0 bridgehead atoms. The van der Waals surface area contributed by atoms with Gasteiger partial charge in [-0.2, -0.15) is 0 Å². The number of benzene rings is 3. The molecule has 0 aliphatic carbocycles. The SMILES string of the molecule is Cc1cccc(C(NC(=O)c2ccc(C(C)C)cc2)C(O)C(=O)Nc2ccc3nc(N)[nH]c3c2)c1. The van der Waals surface area contributed by atoms with E-state index in [1.807, 2.05) is 37.3 Å². The van der Waals surface area contributed by atoms with Crippen LogP contribution in [-0.4, -0.2) is 33.0 Å². The number of aliphatic hydroxyl groups is 1. The zero-order valence-electron chi connectivity index (χ0n) is 19.9. The molecule has 8 nitrogen and oxygen atoms in total. The van der Waals surface area contributed by atoms with Gasteiger partial charge in [0.2, 0.25) is 0 Å². The van der Waals surface area contributed by atoms with E-state index in [0.29, 0.717) is 33.8 Å². The number of carbonyl (C=O) groups excluding carboxylic acids is 2. The molecule has 1 aromatic heterocycles. The molecular weight excluding hydrogens is 442 g/mol. The molecule has 1 heterocycles. The zero-order valence-corrected chi connectivity index (χ0v) is 19.9. The van der Waals surface area contributed by atoms with Gasteiger partial charge < -0.3 is 26.5 Å². The number of rotatable bonds is 7. The van der Waals surface area contributed by atoms with Crippen LogP contribution >= 0.6 is 0 Å². The third-order valence-electron chi connectivity index (χ3n) is 5.88. The van der Waals surface area contributed by atoms with Gasteiger partial charge in [-0.3, -0.25) is 9.59 Å². The Hall–Kier alpha value is -4.17. The van der Waals surface area contributed by atoms with Crippen LogP contribution in [0.15, 0.2) is 66.7 Å². The maximum atomic E-state index is 13.1. The first-order chi connectivity index (χ1) is 16.7. The van der Waals surface area contributed by atoms with E-state index in [1.165, 1.54) is 0 Å². The lowest BCUT2D eigenvalue weighted by Gasteiger charge is -2.24. The van der Waals surface area contributed by atoms with Crippen LogP contribution in [0, 0.1) is 6.92 Å². The van der Waals surface area contributed by atoms with Crippen molar-refractivity contribution in [1.29, 1.82) is 0 Å². The molecule has 180 valence electrons. The molecule has 6 N–H and O–H groups in total. The Bertz CT molecular complexity index is 1360. The monoisotopic (exact) mass is 471 g/mol. The number of hydrogen-bond donors (Lipinski definition) is 5. The minimum atomic E-state index is -1.54. The zero-order chi connectivity index (χ0) is 25.1. The Kier molecular flexibility index (Phi) is 6.84. The van der Waals surface area contributed by atoms with Gasteiger partial charge in [-0.05, 0) is 54.3 Å². The van der Waals surface area contributed by atoms with E-state index in [2.05, 4.69) is 34.4 Å². The van der Waals surface area contributed by atoms with Crippen molar-refractivity contribution in [3.63, 3.8) is 0 Å². The fourth-order valence-electron chi connectivity index (χ4n) is 3.93. The highest BCUT2D eigenvalue weighted by molar-refractivity contribution is 5.98. The van der Waals surface area contributed by atoms with Crippen LogP contribution in [0.25, 0.3) is 11.0 Å². The second-order valence-corrected chi connectivity index (χ2v) is 8.93. The molecule has 8 heteroatoms. The molecule has 4 rings (SSSR count). The van der Waals surface area contributed by atoms with Gasteiger partial charge in [0.05, 0.1) is 17.1 Å². The van der Waals surface area contributed by atoms with E-state index >= 15 is 0 Å². The normalized spacial score (nSPS) is 12.9. The molecule has 2 atom stereocenters. The lowest BCUT2D eigenvalue weighted by molar-refractivity contribution is -0.125. The van der Waals surface area contributed by atoms with Crippen molar-refractivity contribution in [3.8, 4) is 0 Å². The molecule has 2 amide bonds. The number of nitrogens with two attached hydrogens (primary N) is 1. The Morgan fingerprint density at radius 1 is 1.00 bits per heavy atom. The number of carbonyl (C=O) groups is 2. The van der Waals surface area contributed by atoms with Crippen molar-refractivity contribution >= 4 is 34.5 Å². The Balaban J connectivity index is 1.57. The minimum absolute atomic E-state index is 0.271. The summed E-state index contributed by atoms with van der Waals surface area (Å²) in [6, 6.07) is 18.7. The van der Waals surface area contributed by atoms with Crippen molar-refractivity contribution in [2.45, 2.75) is 38.8 Å². The van der Waals surface area contributed by atoms with Crippen LogP contribution in [-0.2, 0) is 4.79 Å². The van der Waals surface area contributed by atoms with Crippen LogP contribution in [0.2, 0.25) is 0 Å². The number of imidazole rings is 1. The van der Waals surface area contributed by atoms with Crippen LogP contribution in [0.4, 0.5) is 11.6 Å². The van der Waals surface area contributed by atoms with E-state index in [-0.39, 0.29) is 11.9 Å². The first-order valence-electron chi connectivity index (χ1n) is 11.4. The number of nitrogens with zero attached hydrogens (tertiary/aromatic N) is 1. The molecule has 3 aromatic carbocycles. The summed E-state index contributed by atoms with van der Waals surface area (Å²) in [5.41, 5.74) is 10.6. The van der Waals surface area contributed by atoms with Crippen molar-refractivity contribution in [2.24, 2.45) is 0 Å². The average molecular weight is 472 g/mol. The lowest BCUT2D eigenvalue weighted by Crippen LogP contribution is -2.42. The number of amides is 2. The first-order valence-corrected chi connectivity index (χ1v) is 11.4. The number of nitrogens with one attached hydrogen (secondary N) is 3. The van der Waals surface area contributed by atoms with Gasteiger partial charge in [0, 0.05) is 11.3 Å². The third-order valence-corrected chi connectivity index (χ3v) is 5.88. The molecule has 0 saturated carbocycles. The molecule has 0 saturated heterocycles. The number of nitrogen functional groups attached to an aromatic ring is 1. The van der Waals surface area contributed by atoms with Gasteiger partial charge in [0.15, 0.2) is 12.1 Å². The summed E-state index contributed by atoms with van der Waals surface area (Å²) < 4.78 is 0. The number of aryl methyl sites for hydroxylation is 1. The summed E-state index contributed by atoms with van der Waals surface area (Å²) in [7, 11) is 0. The summed E-state index contributed by atoms with van der Waals surface area (Å²) in [4.78, 5) is 33.1. The molecule has 0 spiro atoms. The Labute approximate surface area is 203 Å². The van der Waals surface area contributed by atoms with Crippen molar-refractivity contribution in [3.05, 3.63) is 89.0 Å². The van der Waals surface area contributed by atoms with Gasteiger partial charge >= 0.3 is 0 Å². The minimum Gasteiger partial charge on any atom is -0.381 e. The Morgan fingerprint density at radius 2 is 1.74 bits per heavy atom. The third kappa shape index (κ3) is 5.50. The van der Waals surface area contributed by atoms with Crippen molar-refractivity contribution in [1.82, 2.24) is 15.3 Å². The molecule has 4 aromatic rings. The maximum Gasteiger partial charge on any atom is 0.255 e. The molecule has 0 radical (unpaired) electrons. The second kappa shape index (κ2) is 9.99. The quantitative estimate of drug-likeness (QED) is 0.277. The van der Waals surface area contributed by atoms with Gasteiger partial charge in [0.1, 0.15) is 0 Å². The number of aromatic nitrogens is 2. The van der Waals surface area contributed by atoms with Gasteiger partial charge in [-0.25, -0.2) is 4.98 Å². The van der Waals surface area contributed by atoms with E-state index in [1.54, 1.807) is 36.4 Å². The van der Waals surface area contributed by atoms with Crippen molar-refractivity contribution in [2.75, 3.05) is 11.1 Å². The fraction of sp³-hybridized carbons (Fsp3) is 0.222. The van der Waals surface area contributed by atoms with Crippen LogP contribution in [0.3, 0.4) is 0 Å². The predicted molar refractivity (Wildman–Crippen MR) is 137 cm³/mol. The molecule has 0 aliphatic heterocycles. The number of aromatic amines is 1. The van der Waals surface area contributed by atoms with E-state index < -0.39 is 18.1 Å². The van der Waals surface area contributed by atoms with Gasteiger partial charge in [-0.15, -0.1) is 0 Å². The summed E-state index contributed by atoms with van der Waals surface area (Å²) in [5.74, 6) is -0.422. The number of aliphatic hydroxyl groups excluding tert-OH is 1. The largest absolute Gasteiger partial charge is 0.381 e. The van der Waals surface area contributed by atoms with Crippen LogP contribution < -0.4 is 16.4 Å². The van der Waals surface area contributed by atoms with Crippen LogP contribution in [0.1, 0.15) is 52.9 Å². The van der Waals surface area contributed by atoms with E-state index in [4.69, 9.17) is 5.73 Å². The number of hydrogen-bond acceptors (Lipinski definition) is 5. The average Bonchev–Trinajstić information content (AvgIpc) is 3.21. The van der Waals surface area contributed by atoms with E-state index in [9.17, 15) is 14.7 Å². The summed E-state index contributed by atoms with van der Waals surface area (Å²) in [5, 5.41) is 16.6. The molecule has 0 aliphatic rings. The van der Waals surface area contributed by atoms with Gasteiger partial charge in [0.25, 0.3) is 11.8 Å². The predicted octanol–water partition coefficient (Wildman–Crippen LogP) is 4.05. The molecular formula is C27H29N5O3. The van der Waals surface area contributed by atoms with Crippen molar-refractivity contribution < 1.29 is 14.7 Å². The first kappa shape index (κ1) is 24.0. The maximum absolute atomic E-state index is 13.1. The van der Waals surface area contributed by atoms with Gasteiger partial charge in [-0.1, -0.05) is 55.8 Å². The molecule has 0 fully saturated rings. The second-order valence-electron chi connectivity index (χ2n) is 8.93. The smallest absolute Gasteiger partial charge is 0.255 e.